The van der Waals surface area contributed by atoms with E-state index in [0.29, 0.717) is 12.2 Å². The van der Waals surface area contributed by atoms with Crippen LogP contribution in [0, 0.1) is 6.57 Å². The molecule has 1 aromatic rings. The zero-order chi connectivity index (χ0) is 12.0. The molecular formula is C13H14N2O. The third-order valence-electron chi connectivity index (χ3n) is 1.95. The molecule has 82 valence electrons. The maximum atomic E-state index is 11.3. The highest BCUT2D eigenvalue weighted by molar-refractivity contribution is 5.87. The quantitative estimate of drug-likeness (QED) is 0.609. The van der Waals surface area contributed by atoms with Gasteiger partial charge in [0.05, 0.1) is 6.57 Å². The largest absolute Gasteiger partial charge is 0.348 e. The summed E-state index contributed by atoms with van der Waals surface area (Å²) in [5.41, 5.74) is 2.57. The number of hydrogen-bond acceptors (Lipinski definition) is 1. The minimum absolute atomic E-state index is 0.0887. The second-order valence-corrected chi connectivity index (χ2v) is 3.72. The number of allylic oxidation sites excluding steroid dienone is 1. The van der Waals surface area contributed by atoms with Crippen LogP contribution in [-0.2, 0) is 11.3 Å². The first-order valence-electron chi connectivity index (χ1n) is 5.01. The van der Waals surface area contributed by atoms with E-state index in [-0.39, 0.29) is 5.91 Å². The van der Waals surface area contributed by atoms with Gasteiger partial charge in [-0.25, -0.2) is 4.85 Å². The minimum Gasteiger partial charge on any atom is -0.348 e. The topological polar surface area (TPSA) is 33.5 Å². The molecule has 0 spiro atoms. The lowest BCUT2D eigenvalue weighted by atomic mass is 10.2. The molecule has 3 nitrogen and oxygen atoms in total. The van der Waals surface area contributed by atoms with Gasteiger partial charge in [0.25, 0.3) is 0 Å². The van der Waals surface area contributed by atoms with E-state index in [9.17, 15) is 4.79 Å². The molecule has 0 bridgehead atoms. The number of nitrogens with one attached hydrogen (secondary N) is 1. The van der Waals surface area contributed by atoms with Crippen molar-refractivity contribution in [1.29, 1.82) is 0 Å². The molecule has 0 aliphatic carbocycles. The van der Waals surface area contributed by atoms with Crippen molar-refractivity contribution in [2.24, 2.45) is 0 Å². The standard InChI is InChI=1S/C13H14N2O/c1-10(2)8-13(16)15-9-11-4-6-12(14-3)7-5-11/h4-8H,9H2,1-2H3,(H,15,16). The highest BCUT2D eigenvalue weighted by Gasteiger charge is 1.97. The number of amides is 1. The molecule has 0 heterocycles. The lowest BCUT2D eigenvalue weighted by Gasteiger charge is -2.02. The first-order valence-corrected chi connectivity index (χ1v) is 5.01. The van der Waals surface area contributed by atoms with E-state index >= 15 is 0 Å². The fraction of sp³-hybridized carbons (Fsp3) is 0.231. The first-order chi connectivity index (χ1) is 7.61. The first kappa shape index (κ1) is 12.0. The molecule has 0 aliphatic rings. The lowest BCUT2D eigenvalue weighted by Crippen LogP contribution is -2.20. The van der Waals surface area contributed by atoms with Crippen molar-refractivity contribution in [3.05, 3.63) is 52.9 Å². The highest BCUT2D eigenvalue weighted by Crippen LogP contribution is 2.12. The molecule has 0 saturated carbocycles. The summed E-state index contributed by atoms with van der Waals surface area (Å²) in [5.74, 6) is -0.0887. The number of nitrogens with zero attached hydrogens (tertiary/aromatic N) is 1. The van der Waals surface area contributed by atoms with Gasteiger partial charge < -0.3 is 5.32 Å². The van der Waals surface area contributed by atoms with Crippen LogP contribution in [0.4, 0.5) is 5.69 Å². The molecule has 0 aromatic heterocycles. The van der Waals surface area contributed by atoms with Crippen LogP contribution in [0.5, 0.6) is 0 Å². The van der Waals surface area contributed by atoms with Crippen LogP contribution in [0.1, 0.15) is 19.4 Å². The summed E-state index contributed by atoms with van der Waals surface area (Å²) in [6.07, 6.45) is 1.56. The molecule has 0 saturated heterocycles. The van der Waals surface area contributed by atoms with Crippen LogP contribution in [0.2, 0.25) is 0 Å². The van der Waals surface area contributed by atoms with E-state index < -0.39 is 0 Å². The molecular weight excluding hydrogens is 200 g/mol. The van der Waals surface area contributed by atoms with Crippen LogP contribution in [-0.4, -0.2) is 5.91 Å². The summed E-state index contributed by atoms with van der Waals surface area (Å²) in [4.78, 5) is 14.6. The molecule has 3 heteroatoms. The fourth-order valence-electron chi connectivity index (χ4n) is 1.19. The average Bonchev–Trinajstić information content (AvgIpc) is 2.26. The zero-order valence-electron chi connectivity index (χ0n) is 9.45. The lowest BCUT2D eigenvalue weighted by molar-refractivity contribution is -0.116. The SMILES string of the molecule is [C-]#[N+]c1ccc(CNC(=O)C=C(C)C)cc1. The number of carbonyl (C=O) groups is 1. The van der Waals surface area contributed by atoms with Gasteiger partial charge in [-0.15, -0.1) is 0 Å². The summed E-state index contributed by atoms with van der Waals surface area (Å²) < 4.78 is 0. The van der Waals surface area contributed by atoms with Crippen LogP contribution in [0.3, 0.4) is 0 Å². The van der Waals surface area contributed by atoms with Crippen molar-refractivity contribution in [3.8, 4) is 0 Å². The summed E-state index contributed by atoms with van der Waals surface area (Å²) in [6, 6.07) is 7.18. The Morgan fingerprint density at radius 1 is 1.38 bits per heavy atom. The van der Waals surface area contributed by atoms with Crippen molar-refractivity contribution >= 4 is 11.6 Å². The Morgan fingerprint density at radius 3 is 2.50 bits per heavy atom. The maximum absolute atomic E-state index is 11.3. The molecule has 1 amide bonds. The zero-order valence-corrected chi connectivity index (χ0v) is 9.45. The van der Waals surface area contributed by atoms with Crippen LogP contribution >= 0.6 is 0 Å². The fourth-order valence-corrected chi connectivity index (χ4v) is 1.19. The molecule has 1 aromatic carbocycles. The Morgan fingerprint density at radius 2 is 2.00 bits per heavy atom. The predicted molar refractivity (Wildman–Crippen MR) is 64.0 cm³/mol. The molecule has 0 radical (unpaired) electrons. The van der Waals surface area contributed by atoms with Gasteiger partial charge in [-0.05, 0) is 19.4 Å². The number of rotatable bonds is 3. The Hall–Kier alpha value is -2.08. The average molecular weight is 214 g/mol. The molecule has 1 N–H and O–H groups in total. The highest BCUT2D eigenvalue weighted by atomic mass is 16.1. The smallest absolute Gasteiger partial charge is 0.244 e. The number of hydrogen-bond donors (Lipinski definition) is 1. The molecule has 0 fully saturated rings. The summed E-state index contributed by atoms with van der Waals surface area (Å²) in [5, 5.41) is 2.77. The summed E-state index contributed by atoms with van der Waals surface area (Å²) >= 11 is 0. The van der Waals surface area contributed by atoms with Gasteiger partial charge in [-0.1, -0.05) is 29.8 Å². The van der Waals surface area contributed by atoms with Gasteiger partial charge in [0.15, 0.2) is 5.69 Å². The van der Waals surface area contributed by atoms with E-state index in [4.69, 9.17) is 6.57 Å². The Balaban J connectivity index is 2.52. The monoisotopic (exact) mass is 214 g/mol. The molecule has 0 unspecified atom stereocenters. The van der Waals surface area contributed by atoms with Gasteiger partial charge >= 0.3 is 0 Å². The van der Waals surface area contributed by atoms with Gasteiger partial charge in [-0.3, -0.25) is 4.79 Å². The van der Waals surface area contributed by atoms with E-state index in [1.54, 1.807) is 18.2 Å². The predicted octanol–water partition coefficient (Wildman–Crippen LogP) is 2.82. The summed E-state index contributed by atoms with van der Waals surface area (Å²) in [6.45, 7) is 11.1. The van der Waals surface area contributed by atoms with Crippen molar-refractivity contribution in [1.82, 2.24) is 5.32 Å². The Labute approximate surface area is 95.6 Å². The Kier molecular flexibility index (Phi) is 4.28. The summed E-state index contributed by atoms with van der Waals surface area (Å²) in [7, 11) is 0. The third kappa shape index (κ3) is 3.97. The Bertz CT molecular complexity index is 434. The van der Waals surface area contributed by atoms with Crippen LogP contribution in [0.25, 0.3) is 4.85 Å². The van der Waals surface area contributed by atoms with Crippen molar-refractivity contribution in [2.45, 2.75) is 20.4 Å². The van der Waals surface area contributed by atoms with Crippen molar-refractivity contribution < 1.29 is 4.79 Å². The molecule has 1 rings (SSSR count). The van der Waals surface area contributed by atoms with Gasteiger partial charge in [0.2, 0.25) is 5.91 Å². The van der Waals surface area contributed by atoms with E-state index in [0.717, 1.165) is 11.1 Å². The molecule has 0 aliphatic heterocycles. The number of benzene rings is 1. The van der Waals surface area contributed by atoms with E-state index in [1.807, 2.05) is 26.0 Å². The maximum Gasteiger partial charge on any atom is 0.244 e. The van der Waals surface area contributed by atoms with E-state index in [1.165, 1.54) is 0 Å². The number of carbonyl (C=O) groups excluding carboxylic acids is 1. The molecule has 0 atom stereocenters. The molecule has 16 heavy (non-hydrogen) atoms. The third-order valence-corrected chi connectivity index (χ3v) is 1.95. The van der Waals surface area contributed by atoms with Gasteiger partial charge in [0.1, 0.15) is 0 Å². The van der Waals surface area contributed by atoms with Crippen LogP contribution < -0.4 is 5.32 Å². The van der Waals surface area contributed by atoms with Crippen molar-refractivity contribution in [3.63, 3.8) is 0 Å². The second-order valence-electron chi connectivity index (χ2n) is 3.72. The van der Waals surface area contributed by atoms with Gasteiger partial charge in [0, 0.05) is 12.6 Å². The normalized spacial score (nSPS) is 9.06. The van der Waals surface area contributed by atoms with Crippen molar-refractivity contribution in [2.75, 3.05) is 0 Å². The second kappa shape index (κ2) is 5.72. The van der Waals surface area contributed by atoms with Crippen LogP contribution in [0.15, 0.2) is 35.9 Å². The minimum atomic E-state index is -0.0887. The van der Waals surface area contributed by atoms with E-state index in [2.05, 4.69) is 10.2 Å². The van der Waals surface area contributed by atoms with Gasteiger partial charge in [-0.2, -0.15) is 0 Å².